The van der Waals surface area contributed by atoms with Crippen LogP contribution in [0, 0.1) is 0 Å². The number of amides is 2. The smallest absolute Gasteiger partial charge is 0.270 e. The fraction of sp³-hybridized carbons (Fsp3) is 0.476. The van der Waals surface area contributed by atoms with Crippen LogP contribution in [-0.4, -0.2) is 69.3 Å². The Labute approximate surface area is 181 Å². The second kappa shape index (κ2) is 12.9. The zero-order chi connectivity index (χ0) is 21.8. The summed E-state index contributed by atoms with van der Waals surface area (Å²) >= 11 is 1.37. The molecule has 9 heteroatoms. The average Bonchev–Trinajstić information content (AvgIpc) is 3.24. The topological polar surface area (TPSA) is 90.0 Å². The molecule has 2 amide bonds. The molecule has 0 radical (unpaired) electrons. The van der Waals surface area contributed by atoms with Crippen LogP contribution >= 0.6 is 11.3 Å². The third-order valence-corrected chi connectivity index (χ3v) is 5.16. The van der Waals surface area contributed by atoms with E-state index in [0.29, 0.717) is 61.3 Å². The molecule has 0 fully saturated rings. The van der Waals surface area contributed by atoms with Gasteiger partial charge in [0.1, 0.15) is 16.5 Å². The Morgan fingerprint density at radius 1 is 1.07 bits per heavy atom. The quantitative estimate of drug-likeness (QED) is 0.487. The van der Waals surface area contributed by atoms with E-state index in [-0.39, 0.29) is 11.8 Å². The number of carbonyl (C=O) groups is 2. The van der Waals surface area contributed by atoms with Gasteiger partial charge in [0, 0.05) is 51.5 Å². The van der Waals surface area contributed by atoms with Gasteiger partial charge in [0.2, 0.25) is 0 Å². The number of hydrogen-bond donors (Lipinski definition) is 1. The minimum absolute atomic E-state index is 0.102. The zero-order valence-electron chi connectivity index (χ0n) is 17.7. The second-order valence-electron chi connectivity index (χ2n) is 6.53. The van der Waals surface area contributed by atoms with Gasteiger partial charge in [0.05, 0.1) is 13.7 Å². The Morgan fingerprint density at radius 3 is 2.43 bits per heavy atom. The van der Waals surface area contributed by atoms with Gasteiger partial charge in [-0.25, -0.2) is 4.98 Å². The lowest BCUT2D eigenvalue weighted by molar-refractivity contribution is 0.0723. The van der Waals surface area contributed by atoms with E-state index < -0.39 is 0 Å². The molecule has 1 aromatic carbocycles. The van der Waals surface area contributed by atoms with Gasteiger partial charge in [-0.1, -0.05) is 0 Å². The number of methoxy groups -OCH3 is 3. The maximum absolute atomic E-state index is 13.0. The summed E-state index contributed by atoms with van der Waals surface area (Å²) in [6.07, 6.45) is 1.44. The highest BCUT2D eigenvalue weighted by Crippen LogP contribution is 2.17. The highest BCUT2D eigenvalue weighted by molar-refractivity contribution is 7.09. The van der Waals surface area contributed by atoms with Gasteiger partial charge < -0.3 is 24.4 Å². The maximum Gasteiger partial charge on any atom is 0.270 e. The molecule has 0 saturated carbocycles. The number of hydrogen-bond acceptors (Lipinski definition) is 7. The summed E-state index contributed by atoms with van der Waals surface area (Å²) in [6.45, 7) is 2.53. The molecular formula is C21H29N3O5S. The van der Waals surface area contributed by atoms with E-state index in [0.717, 1.165) is 6.42 Å². The predicted octanol–water partition coefficient (Wildman–Crippen LogP) is 2.60. The minimum Gasteiger partial charge on any atom is -0.497 e. The highest BCUT2D eigenvalue weighted by atomic mass is 32.1. The molecule has 1 aromatic heterocycles. The van der Waals surface area contributed by atoms with Gasteiger partial charge in [-0.15, -0.1) is 11.3 Å². The third-order valence-electron chi connectivity index (χ3n) is 4.32. The molecular weight excluding hydrogens is 406 g/mol. The van der Waals surface area contributed by atoms with Crippen molar-refractivity contribution in [1.82, 2.24) is 15.2 Å². The first-order chi connectivity index (χ1) is 14.6. The molecule has 1 heterocycles. The van der Waals surface area contributed by atoms with Gasteiger partial charge >= 0.3 is 0 Å². The van der Waals surface area contributed by atoms with Crippen molar-refractivity contribution in [1.29, 1.82) is 0 Å². The molecule has 164 valence electrons. The van der Waals surface area contributed by atoms with E-state index in [2.05, 4.69) is 10.3 Å². The molecule has 0 aliphatic carbocycles. The number of ether oxygens (including phenoxy) is 3. The Kier molecular flexibility index (Phi) is 10.3. The molecule has 2 aromatic rings. The first kappa shape index (κ1) is 23.8. The van der Waals surface area contributed by atoms with Crippen molar-refractivity contribution in [2.24, 2.45) is 0 Å². The first-order valence-electron chi connectivity index (χ1n) is 9.72. The fourth-order valence-electron chi connectivity index (χ4n) is 2.73. The molecule has 0 saturated heterocycles. The summed E-state index contributed by atoms with van der Waals surface area (Å²) in [7, 11) is 4.84. The number of benzene rings is 1. The van der Waals surface area contributed by atoms with Gasteiger partial charge in [-0.3, -0.25) is 9.59 Å². The Balaban J connectivity index is 2.04. The lowest BCUT2D eigenvalue weighted by atomic mass is 10.2. The lowest BCUT2D eigenvalue weighted by Crippen LogP contribution is -2.32. The molecule has 0 bridgehead atoms. The Hall–Kier alpha value is -2.49. The summed E-state index contributed by atoms with van der Waals surface area (Å²) in [4.78, 5) is 31.4. The maximum atomic E-state index is 13.0. The van der Waals surface area contributed by atoms with Crippen molar-refractivity contribution >= 4 is 23.2 Å². The molecule has 1 N–H and O–H groups in total. The number of aromatic nitrogens is 1. The first-order valence-corrected chi connectivity index (χ1v) is 10.6. The van der Waals surface area contributed by atoms with Crippen molar-refractivity contribution < 1.29 is 23.8 Å². The zero-order valence-corrected chi connectivity index (χ0v) is 18.5. The Morgan fingerprint density at radius 2 is 1.77 bits per heavy atom. The molecule has 0 unspecified atom stereocenters. The van der Waals surface area contributed by atoms with Gasteiger partial charge in [-0.05, 0) is 37.1 Å². The number of nitrogens with zero attached hydrogens (tertiary/aromatic N) is 2. The van der Waals surface area contributed by atoms with Crippen LogP contribution in [0.15, 0.2) is 29.6 Å². The fourth-order valence-corrected chi connectivity index (χ4v) is 3.52. The van der Waals surface area contributed by atoms with E-state index >= 15 is 0 Å². The monoisotopic (exact) mass is 435 g/mol. The van der Waals surface area contributed by atoms with Crippen LogP contribution in [0.25, 0.3) is 0 Å². The van der Waals surface area contributed by atoms with Crippen molar-refractivity contribution in [2.75, 3.05) is 47.6 Å². The molecule has 30 heavy (non-hydrogen) atoms. The third kappa shape index (κ3) is 7.40. The normalized spacial score (nSPS) is 10.6. The van der Waals surface area contributed by atoms with E-state index in [9.17, 15) is 9.59 Å². The minimum atomic E-state index is -0.221. The summed E-state index contributed by atoms with van der Waals surface area (Å²) in [5.74, 6) is 0.370. The Bertz CT molecular complexity index is 794. The van der Waals surface area contributed by atoms with Crippen LogP contribution in [0.1, 0.15) is 38.7 Å². The van der Waals surface area contributed by atoms with Gasteiger partial charge in [0.15, 0.2) is 0 Å². The van der Waals surface area contributed by atoms with Crippen molar-refractivity contribution in [3.8, 4) is 5.75 Å². The van der Waals surface area contributed by atoms with E-state index in [4.69, 9.17) is 14.2 Å². The van der Waals surface area contributed by atoms with Crippen LogP contribution in [0.2, 0.25) is 0 Å². The summed E-state index contributed by atoms with van der Waals surface area (Å²) in [5.41, 5.74) is 0.932. The van der Waals surface area contributed by atoms with Crippen LogP contribution in [0.3, 0.4) is 0 Å². The standard InChI is InChI=1S/C21H29N3O5S/c1-27-12-4-10-22-20(25)18-15-30-19(23-18)14-24(11-5-13-28-2)21(26)16-6-8-17(29-3)9-7-16/h6-9,15H,4-5,10-14H2,1-3H3,(H,22,25). The van der Waals surface area contributed by atoms with Crippen LogP contribution < -0.4 is 10.1 Å². The molecule has 0 spiro atoms. The lowest BCUT2D eigenvalue weighted by Gasteiger charge is -2.22. The summed E-state index contributed by atoms with van der Waals surface area (Å²) < 4.78 is 15.2. The van der Waals surface area contributed by atoms with Crippen molar-refractivity contribution in [3.63, 3.8) is 0 Å². The summed E-state index contributed by atoms with van der Waals surface area (Å²) in [5, 5.41) is 5.24. The van der Waals surface area contributed by atoms with Crippen LogP contribution in [0.4, 0.5) is 0 Å². The van der Waals surface area contributed by atoms with Gasteiger partial charge in [0.25, 0.3) is 11.8 Å². The summed E-state index contributed by atoms with van der Waals surface area (Å²) in [6, 6.07) is 7.00. The average molecular weight is 436 g/mol. The van der Waals surface area contributed by atoms with E-state index in [1.165, 1.54) is 11.3 Å². The number of rotatable bonds is 13. The molecule has 0 aliphatic heterocycles. The number of carbonyl (C=O) groups excluding carboxylic acids is 2. The van der Waals surface area contributed by atoms with Crippen molar-refractivity contribution in [3.05, 3.63) is 45.9 Å². The van der Waals surface area contributed by atoms with E-state index in [1.807, 2.05) is 0 Å². The number of nitrogens with one attached hydrogen (secondary N) is 1. The largest absolute Gasteiger partial charge is 0.497 e. The highest BCUT2D eigenvalue weighted by Gasteiger charge is 2.19. The van der Waals surface area contributed by atoms with E-state index in [1.54, 1.807) is 55.9 Å². The molecule has 0 aliphatic rings. The van der Waals surface area contributed by atoms with Crippen molar-refractivity contribution in [2.45, 2.75) is 19.4 Å². The SMILES string of the molecule is COCCCNC(=O)c1csc(CN(CCCOC)C(=O)c2ccc(OC)cc2)n1. The molecule has 2 rings (SSSR count). The van der Waals surface area contributed by atoms with Gasteiger partial charge in [-0.2, -0.15) is 0 Å². The predicted molar refractivity (Wildman–Crippen MR) is 115 cm³/mol. The molecule has 8 nitrogen and oxygen atoms in total. The molecule has 0 atom stereocenters. The number of thiazole rings is 1. The van der Waals surface area contributed by atoms with Crippen LogP contribution in [-0.2, 0) is 16.0 Å². The second-order valence-corrected chi connectivity index (χ2v) is 7.47. The van der Waals surface area contributed by atoms with Crippen LogP contribution in [0.5, 0.6) is 5.75 Å².